The van der Waals surface area contributed by atoms with Crippen molar-refractivity contribution >= 4 is 11.8 Å². The second-order valence-corrected chi connectivity index (χ2v) is 6.37. The molecule has 0 unspecified atom stereocenters. The van der Waals surface area contributed by atoms with Crippen LogP contribution in [0.1, 0.15) is 25.2 Å². The first-order valence-electron chi connectivity index (χ1n) is 8.77. The predicted molar refractivity (Wildman–Crippen MR) is 93.6 cm³/mol. The summed E-state index contributed by atoms with van der Waals surface area (Å²) in [6.45, 7) is 1.17. The lowest BCUT2D eigenvalue weighted by Crippen LogP contribution is -2.42. The van der Waals surface area contributed by atoms with Gasteiger partial charge in [-0.05, 0) is 25.0 Å². The molecular formula is C19H22FN3O3. The van der Waals surface area contributed by atoms with Crippen LogP contribution >= 0.6 is 0 Å². The lowest BCUT2D eigenvalue weighted by Gasteiger charge is -2.31. The third-order valence-corrected chi connectivity index (χ3v) is 4.71. The van der Waals surface area contributed by atoms with Crippen molar-refractivity contribution in [3.05, 3.63) is 42.2 Å². The van der Waals surface area contributed by atoms with Crippen molar-refractivity contribution in [2.24, 2.45) is 5.92 Å². The molecule has 0 radical (unpaired) electrons. The third-order valence-electron chi connectivity index (χ3n) is 4.71. The molecule has 0 atom stereocenters. The van der Waals surface area contributed by atoms with Gasteiger partial charge in [-0.3, -0.25) is 9.59 Å². The molecule has 138 valence electrons. The van der Waals surface area contributed by atoms with Gasteiger partial charge in [0, 0.05) is 38.9 Å². The first-order valence-corrected chi connectivity index (χ1v) is 8.77. The maximum absolute atomic E-state index is 13.8. The van der Waals surface area contributed by atoms with Gasteiger partial charge in [0.25, 0.3) is 0 Å². The van der Waals surface area contributed by atoms with Gasteiger partial charge < -0.3 is 14.6 Å². The van der Waals surface area contributed by atoms with Gasteiger partial charge in [-0.25, -0.2) is 9.37 Å². The number of nitrogens with one attached hydrogen (secondary N) is 1. The Hall–Kier alpha value is -2.70. The van der Waals surface area contributed by atoms with Gasteiger partial charge in [-0.1, -0.05) is 12.1 Å². The quantitative estimate of drug-likeness (QED) is 0.889. The van der Waals surface area contributed by atoms with Gasteiger partial charge in [-0.15, -0.1) is 0 Å². The summed E-state index contributed by atoms with van der Waals surface area (Å²) in [5.74, 6) is 0.446. The normalized spacial score (nSPS) is 15.1. The molecule has 26 heavy (non-hydrogen) atoms. The summed E-state index contributed by atoms with van der Waals surface area (Å²) in [6, 6.07) is 6.33. The highest BCUT2D eigenvalue weighted by molar-refractivity contribution is 5.79. The minimum Gasteiger partial charge on any atom is -0.441 e. The highest BCUT2D eigenvalue weighted by Gasteiger charge is 2.26. The van der Waals surface area contributed by atoms with E-state index in [1.807, 2.05) is 0 Å². The van der Waals surface area contributed by atoms with Crippen LogP contribution in [0.15, 0.2) is 34.9 Å². The number of amides is 2. The van der Waals surface area contributed by atoms with E-state index in [0.717, 1.165) is 0 Å². The molecule has 1 aromatic carbocycles. The number of benzene rings is 1. The molecule has 1 saturated heterocycles. The Bertz CT molecular complexity index is 782. The predicted octanol–water partition coefficient (Wildman–Crippen LogP) is 2.40. The van der Waals surface area contributed by atoms with Gasteiger partial charge in [0.05, 0.1) is 11.8 Å². The third kappa shape index (κ3) is 4.09. The van der Waals surface area contributed by atoms with Gasteiger partial charge in [-0.2, -0.15) is 0 Å². The second kappa shape index (κ2) is 8.12. The first kappa shape index (κ1) is 18.1. The molecule has 2 heterocycles. The van der Waals surface area contributed by atoms with Crippen molar-refractivity contribution in [1.29, 1.82) is 0 Å². The summed E-state index contributed by atoms with van der Waals surface area (Å²) in [5, 5.41) is 2.66. The average molecular weight is 359 g/mol. The number of carbonyl (C=O) groups excluding carboxylic acids is 2. The van der Waals surface area contributed by atoms with Crippen LogP contribution in [-0.2, 0) is 16.0 Å². The fourth-order valence-electron chi connectivity index (χ4n) is 3.18. The van der Waals surface area contributed by atoms with Crippen LogP contribution in [0, 0.1) is 11.7 Å². The molecule has 0 bridgehead atoms. The Morgan fingerprint density at radius 2 is 2.04 bits per heavy atom. The molecule has 3 rings (SSSR count). The molecule has 6 nitrogen and oxygen atoms in total. The van der Waals surface area contributed by atoms with Crippen LogP contribution in [0.25, 0.3) is 11.3 Å². The summed E-state index contributed by atoms with van der Waals surface area (Å²) in [7, 11) is 1.63. The minimum atomic E-state index is -0.370. The smallest absolute Gasteiger partial charge is 0.223 e. The Morgan fingerprint density at radius 1 is 1.31 bits per heavy atom. The Labute approximate surface area is 151 Å². The molecule has 1 N–H and O–H groups in total. The molecule has 2 amide bonds. The van der Waals surface area contributed by atoms with Gasteiger partial charge >= 0.3 is 0 Å². The summed E-state index contributed by atoms with van der Waals surface area (Å²) in [4.78, 5) is 29.9. The maximum Gasteiger partial charge on any atom is 0.223 e. The van der Waals surface area contributed by atoms with Crippen LogP contribution < -0.4 is 5.32 Å². The van der Waals surface area contributed by atoms with Crippen molar-refractivity contribution in [2.45, 2.75) is 25.7 Å². The fraction of sp³-hybridized carbons (Fsp3) is 0.421. The van der Waals surface area contributed by atoms with Crippen molar-refractivity contribution in [3.8, 4) is 11.3 Å². The first-order chi connectivity index (χ1) is 12.6. The summed E-state index contributed by atoms with van der Waals surface area (Å²) in [5.41, 5.74) is 0.355. The number of nitrogens with zero attached hydrogens (tertiary/aromatic N) is 2. The number of halogens is 1. The van der Waals surface area contributed by atoms with Gasteiger partial charge in [0.2, 0.25) is 11.8 Å². The largest absolute Gasteiger partial charge is 0.441 e. The molecule has 0 aliphatic carbocycles. The fourth-order valence-corrected chi connectivity index (χ4v) is 3.18. The van der Waals surface area contributed by atoms with E-state index in [-0.39, 0.29) is 30.0 Å². The minimum absolute atomic E-state index is 0.0147. The Kier molecular flexibility index (Phi) is 5.65. The topological polar surface area (TPSA) is 75.4 Å². The number of oxazole rings is 1. The van der Waals surface area contributed by atoms with Crippen molar-refractivity contribution < 1.29 is 18.4 Å². The van der Waals surface area contributed by atoms with Crippen LogP contribution in [0.4, 0.5) is 4.39 Å². The van der Waals surface area contributed by atoms with Crippen LogP contribution in [-0.4, -0.2) is 41.8 Å². The van der Waals surface area contributed by atoms with E-state index in [9.17, 15) is 14.0 Å². The van der Waals surface area contributed by atoms with Crippen molar-refractivity contribution in [2.75, 3.05) is 20.1 Å². The zero-order valence-electron chi connectivity index (χ0n) is 14.7. The molecule has 7 heteroatoms. The zero-order valence-corrected chi connectivity index (χ0v) is 14.7. The summed E-state index contributed by atoms with van der Waals surface area (Å²) in [6.07, 6.45) is 3.49. The van der Waals surface area contributed by atoms with E-state index >= 15 is 0 Å². The van der Waals surface area contributed by atoms with Gasteiger partial charge in [0.1, 0.15) is 5.82 Å². The number of aromatic nitrogens is 1. The molecule has 1 aromatic heterocycles. The highest BCUT2D eigenvalue weighted by atomic mass is 19.1. The highest BCUT2D eigenvalue weighted by Crippen LogP contribution is 2.24. The number of rotatable bonds is 5. The second-order valence-electron chi connectivity index (χ2n) is 6.37. The lowest BCUT2D eigenvalue weighted by atomic mass is 9.96. The van der Waals surface area contributed by atoms with Crippen LogP contribution in [0.3, 0.4) is 0 Å². The molecule has 0 saturated carbocycles. The van der Waals surface area contributed by atoms with E-state index in [0.29, 0.717) is 49.6 Å². The van der Waals surface area contributed by atoms with Crippen LogP contribution in [0.2, 0.25) is 0 Å². The molecule has 0 spiro atoms. The number of carbonyl (C=O) groups is 2. The standard InChI is InChI=1S/C19H22FN3O3/c1-21-19(25)13-8-10-23(11-9-13)18(24)7-6-17-22-12-16(26-17)14-4-2-3-5-15(14)20/h2-5,12-13H,6-11H2,1H3,(H,21,25). The molecular weight excluding hydrogens is 337 g/mol. The molecule has 1 aliphatic heterocycles. The summed E-state index contributed by atoms with van der Waals surface area (Å²) >= 11 is 0. The van der Waals surface area contributed by atoms with E-state index in [1.165, 1.54) is 12.3 Å². The summed E-state index contributed by atoms with van der Waals surface area (Å²) < 4.78 is 19.4. The zero-order chi connectivity index (χ0) is 18.5. The molecule has 1 aliphatic rings. The van der Waals surface area contributed by atoms with E-state index in [2.05, 4.69) is 10.3 Å². The number of aryl methyl sites for hydroxylation is 1. The Balaban J connectivity index is 1.51. The number of piperidine rings is 1. The molecule has 2 aromatic rings. The Morgan fingerprint density at radius 3 is 2.73 bits per heavy atom. The van der Waals surface area contributed by atoms with E-state index in [1.54, 1.807) is 30.1 Å². The van der Waals surface area contributed by atoms with Crippen molar-refractivity contribution in [1.82, 2.24) is 15.2 Å². The average Bonchev–Trinajstić information content (AvgIpc) is 3.14. The van der Waals surface area contributed by atoms with Crippen LogP contribution in [0.5, 0.6) is 0 Å². The molecule has 1 fully saturated rings. The lowest BCUT2D eigenvalue weighted by molar-refractivity contribution is -0.135. The van der Waals surface area contributed by atoms with Crippen molar-refractivity contribution in [3.63, 3.8) is 0 Å². The number of likely N-dealkylation sites (tertiary alicyclic amines) is 1. The van der Waals surface area contributed by atoms with Gasteiger partial charge in [0.15, 0.2) is 11.7 Å². The number of hydrogen-bond acceptors (Lipinski definition) is 4. The number of hydrogen-bond donors (Lipinski definition) is 1. The maximum atomic E-state index is 13.8. The van der Waals surface area contributed by atoms with E-state index < -0.39 is 0 Å². The SMILES string of the molecule is CNC(=O)C1CCN(C(=O)CCc2ncc(-c3ccccc3F)o2)CC1. The van der Waals surface area contributed by atoms with E-state index in [4.69, 9.17) is 4.42 Å². The monoisotopic (exact) mass is 359 g/mol.